The van der Waals surface area contributed by atoms with E-state index in [1.807, 2.05) is 13.8 Å². The van der Waals surface area contributed by atoms with E-state index < -0.39 is 42.0 Å². The molecule has 8 nitrogen and oxygen atoms in total. The van der Waals surface area contributed by atoms with Crippen LogP contribution in [-0.2, 0) is 35.0 Å². The fourth-order valence-electron chi connectivity index (χ4n) is 4.76. The molecule has 0 saturated heterocycles. The third-order valence-electron chi connectivity index (χ3n) is 6.72. The smallest absolute Gasteiger partial charge is 0.336 e. The van der Waals surface area contributed by atoms with Crippen LogP contribution >= 0.6 is 0 Å². The maximum atomic E-state index is 13.1. The average Bonchev–Trinajstić information content (AvgIpc) is 2.83. The summed E-state index contributed by atoms with van der Waals surface area (Å²) in [6, 6.07) is 13.6. The van der Waals surface area contributed by atoms with E-state index in [1.165, 1.54) is 20.1 Å². The maximum Gasteiger partial charge on any atom is 0.336 e. The van der Waals surface area contributed by atoms with Gasteiger partial charge in [-0.15, -0.1) is 0 Å². The van der Waals surface area contributed by atoms with E-state index in [0.717, 1.165) is 0 Å². The second-order valence-corrected chi connectivity index (χ2v) is 8.87. The van der Waals surface area contributed by atoms with Crippen molar-refractivity contribution in [3.05, 3.63) is 59.7 Å². The van der Waals surface area contributed by atoms with Gasteiger partial charge in [0, 0.05) is 19.3 Å². The predicted molar refractivity (Wildman–Crippen MR) is 126 cm³/mol. The van der Waals surface area contributed by atoms with Gasteiger partial charge in [-0.05, 0) is 28.7 Å². The number of methoxy groups -OCH3 is 1. The third-order valence-corrected chi connectivity index (χ3v) is 6.72. The van der Waals surface area contributed by atoms with Crippen LogP contribution in [0.2, 0.25) is 0 Å². The minimum atomic E-state index is -1.07. The molecule has 1 N–H and O–H groups in total. The number of carbonyl (C=O) groups excluding carboxylic acids is 3. The van der Waals surface area contributed by atoms with Crippen molar-refractivity contribution in [3.8, 4) is 11.1 Å². The van der Waals surface area contributed by atoms with Crippen molar-refractivity contribution < 1.29 is 38.5 Å². The van der Waals surface area contributed by atoms with Crippen LogP contribution < -0.4 is 0 Å². The van der Waals surface area contributed by atoms with Gasteiger partial charge in [0.05, 0.1) is 25.0 Å². The molecule has 2 aromatic rings. The monoisotopic (exact) mass is 482 g/mol. The van der Waals surface area contributed by atoms with E-state index in [-0.39, 0.29) is 30.2 Å². The molecule has 0 spiro atoms. The first kappa shape index (κ1) is 25.9. The molecule has 0 amide bonds. The summed E-state index contributed by atoms with van der Waals surface area (Å²) < 4.78 is 16.2. The van der Waals surface area contributed by atoms with Gasteiger partial charge in [-0.2, -0.15) is 0 Å². The topological polar surface area (TPSA) is 116 Å². The summed E-state index contributed by atoms with van der Waals surface area (Å²) in [4.78, 5) is 48.9. The van der Waals surface area contributed by atoms with Crippen molar-refractivity contribution in [2.45, 2.75) is 45.8 Å². The lowest BCUT2D eigenvalue weighted by Gasteiger charge is -2.42. The van der Waals surface area contributed by atoms with Gasteiger partial charge in [0.25, 0.3) is 0 Å². The van der Waals surface area contributed by atoms with Gasteiger partial charge in [-0.1, -0.05) is 56.3 Å². The van der Waals surface area contributed by atoms with Crippen LogP contribution in [0.3, 0.4) is 0 Å². The quantitative estimate of drug-likeness (QED) is 0.467. The highest BCUT2D eigenvalue weighted by molar-refractivity contribution is 5.96. The van der Waals surface area contributed by atoms with Crippen molar-refractivity contribution in [2.24, 2.45) is 17.8 Å². The van der Waals surface area contributed by atoms with Crippen LogP contribution in [0.5, 0.6) is 0 Å². The second kappa shape index (κ2) is 11.2. The first-order chi connectivity index (χ1) is 16.6. The van der Waals surface area contributed by atoms with Gasteiger partial charge in [-0.3, -0.25) is 14.4 Å². The molecule has 35 heavy (non-hydrogen) atoms. The number of carbonyl (C=O) groups is 4. The summed E-state index contributed by atoms with van der Waals surface area (Å²) in [5.41, 5.74) is 1.82. The zero-order valence-corrected chi connectivity index (χ0v) is 20.2. The number of esters is 3. The molecule has 0 aliphatic heterocycles. The minimum absolute atomic E-state index is 0.124. The lowest BCUT2D eigenvalue weighted by Crippen LogP contribution is -2.50. The Labute approximate surface area is 204 Å². The van der Waals surface area contributed by atoms with Crippen molar-refractivity contribution >= 4 is 23.9 Å². The maximum absolute atomic E-state index is 13.1. The number of carboxylic acid groups (broad SMARTS) is 1. The first-order valence-electron chi connectivity index (χ1n) is 11.5. The number of hydrogen-bond acceptors (Lipinski definition) is 7. The molecule has 1 fully saturated rings. The fraction of sp³-hybridized carbons (Fsp3) is 0.407. The second-order valence-electron chi connectivity index (χ2n) is 8.87. The average molecular weight is 483 g/mol. The number of ether oxygens (including phenoxy) is 3. The molecular formula is C27H30O8. The van der Waals surface area contributed by atoms with Crippen LogP contribution in [0.4, 0.5) is 0 Å². The zero-order chi connectivity index (χ0) is 25.7. The number of aromatic carboxylic acids is 1. The Bertz CT molecular complexity index is 1110. The van der Waals surface area contributed by atoms with Gasteiger partial charge in [0.15, 0.2) is 0 Å². The van der Waals surface area contributed by atoms with Crippen molar-refractivity contribution in [3.63, 3.8) is 0 Å². The summed E-state index contributed by atoms with van der Waals surface area (Å²) in [6.45, 7) is 5.03. The molecule has 2 unspecified atom stereocenters. The highest BCUT2D eigenvalue weighted by Crippen LogP contribution is 2.39. The minimum Gasteiger partial charge on any atom is -0.478 e. The largest absolute Gasteiger partial charge is 0.478 e. The fourth-order valence-corrected chi connectivity index (χ4v) is 4.76. The molecule has 0 heterocycles. The molecule has 0 aromatic heterocycles. The highest BCUT2D eigenvalue weighted by atomic mass is 16.6. The number of benzene rings is 2. The molecule has 0 bridgehead atoms. The van der Waals surface area contributed by atoms with Crippen LogP contribution in [0.25, 0.3) is 11.1 Å². The van der Waals surface area contributed by atoms with Crippen LogP contribution in [0.1, 0.15) is 43.1 Å². The Morgan fingerprint density at radius 3 is 2.17 bits per heavy atom. The van der Waals surface area contributed by atoms with Crippen LogP contribution in [0.15, 0.2) is 48.5 Å². The summed E-state index contributed by atoms with van der Waals surface area (Å²) in [7, 11) is 1.31. The molecule has 5 atom stereocenters. The zero-order valence-electron chi connectivity index (χ0n) is 20.2. The molecule has 8 heteroatoms. The Balaban J connectivity index is 1.86. The van der Waals surface area contributed by atoms with Gasteiger partial charge < -0.3 is 19.3 Å². The lowest BCUT2D eigenvalue weighted by molar-refractivity contribution is -0.185. The van der Waals surface area contributed by atoms with Gasteiger partial charge in [0.1, 0.15) is 12.2 Å². The Hall–Kier alpha value is -3.68. The molecule has 1 aliphatic rings. The van der Waals surface area contributed by atoms with E-state index >= 15 is 0 Å². The van der Waals surface area contributed by atoms with Gasteiger partial charge >= 0.3 is 23.9 Å². The number of hydrogen-bond donors (Lipinski definition) is 1. The van der Waals surface area contributed by atoms with Crippen molar-refractivity contribution in [1.82, 2.24) is 0 Å². The van der Waals surface area contributed by atoms with Crippen molar-refractivity contribution in [1.29, 1.82) is 0 Å². The molecule has 3 rings (SSSR count). The first-order valence-corrected chi connectivity index (χ1v) is 11.5. The Morgan fingerprint density at radius 1 is 0.914 bits per heavy atom. The molecule has 1 aliphatic carbocycles. The summed E-state index contributed by atoms with van der Waals surface area (Å²) in [5.74, 6) is -3.43. The van der Waals surface area contributed by atoms with E-state index in [0.29, 0.717) is 16.7 Å². The molecular weight excluding hydrogens is 452 g/mol. The molecule has 2 aromatic carbocycles. The SMILES string of the molecule is COC(=O)C1C[C@@H](OC(=O)Cc2ccccc2-c2ccccc2C(=O)O)C(OC(C)=O)[C@@H](C)[C@@H]1C. The highest BCUT2D eigenvalue weighted by Gasteiger charge is 2.47. The third kappa shape index (κ3) is 5.88. The van der Waals surface area contributed by atoms with Crippen LogP contribution in [-0.4, -0.2) is 48.3 Å². The molecule has 186 valence electrons. The lowest BCUT2D eigenvalue weighted by atomic mass is 9.70. The number of rotatable bonds is 7. The van der Waals surface area contributed by atoms with Gasteiger partial charge in [-0.25, -0.2) is 4.79 Å². The van der Waals surface area contributed by atoms with Crippen molar-refractivity contribution in [2.75, 3.05) is 7.11 Å². The van der Waals surface area contributed by atoms with E-state index in [4.69, 9.17) is 14.2 Å². The van der Waals surface area contributed by atoms with E-state index in [2.05, 4.69) is 0 Å². The Morgan fingerprint density at radius 2 is 1.54 bits per heavy atom. The summed E-state index contributed by atoms with van der Waals surface area (Å²) in [6.07, 6.45) is -1.47. The van der Waals surface area contributed by atoms with E-state index in [9.17, 15) is 24.3 Å². The summed E-state index contributed by atoms with van der Waals surface area (Å²) in [5, 5.41) is 9.58. The number of carboxylic acids is 1. The van der Waals surface area contributed by atoms with Crippen LogP contribution in [0, 0.1) is 17.8 Å². The normalized spacial score (nSPS) is 23.7. The summed E-state index contributed by atoms with van der Waals surface area (Å²) >= 11 is 0. The van der Waals surface area contributed by atoms with Gasteiger partial charge in [0.2, 0.25) is 0 Å². The molecule has 0 radical (unpaired) electrons. The standard InChI is InChI=1S/C27H30O8/c1-15-16(2)25(34-17(3)28)23(14-22(15)27(32)33-4)35-24(29)13-18-9-5-6-10-19(18)20-11-7-8-12-21(20)26(30)31/h5-12,15-16,22-23,25H,13-14H2,1-4H3,(H,30,31)/t15-,16-,22?,23+,25?/m0/s1. The predicted octanol–water partition coefficient (Wildman–Crippen LogP) is 3.90. The van der Waals surface area contributed by atoms with E-state index in [1.54, 1.807) is 42.5 Å². The Kier molecular flexibility index (Phi) is 8.27. The molecule has 1 saturated carbocycles.